The average Bonchev–Trinajstić information content (AvgIpc) is 3.06. The highest BCUT2D eigenvalue weighted by molar-refractivity contribution is 5.98. The molecule has 4 heterocycles. The van der Waals surface area contributed by atoms with E-state index in [0.29, 0.717) is 47.9 Å². The van der Waals surface area contributed by atoms with Gasteiger partial charge in [0.05, 0.1) is 24.5 Å². The second-order valence-corrected chi connectivity index (χ2v) is 7.80. The molecule has 0 saturated carbocycles. The summed E-state index contributed by atoms with van der Waals surface area (Å²) in [6.07, 6.45) is 0.487. The van der Waals surface area contributed by atoms with Crippen molar-refractivity contribution in [3.05, 3.63) is 60.9 Å². The molecular formula is C21H24N4O6. The Balaban J connectivity index is 1.61. The van der Waals surface area contributed by atoms with Crippen LogP contribution in [0.5, 0.6) is 5.75 Å². The second kappa shape index (κ2) is 7.60. The molecule has 0 N–H and O–H groups in total. The Hall–Kier alpha value is -3.56. The molecular weight excluding hydrogens is 404 g/mol. The van der Waals surface area contributed by atoms with Gasteiger partial charge in [-0.05, 0) is 19.4 Å². The summed E-state index contributed by atoms with van der Waals surface area (Å²) >= 11 is 0. The molecule has 0 radical (unpaired) electrons. The van der Waals surface area contributed by atoms with E-state index < -0.39 is 16.9 Å². The van der Waals surface area contributed by atoms with Gasteiger partial charge in [0.1, 0.15) is 29.0 Å². The van der Waals surface area contributed by atoms with Crippen molar-refractivity contribution in [2.45, 2.75) is 32.9 Å². The average molecular weight is 428 g/mol. The van der Waals surface area contributed by atoms with Crippen LogP contribution in [0.4, 0.5) is 0 Å². The highest BCUT2D eigenvalue weighted by Crippen LogP contribution is 2.23. The van der Waals surface area contributed by atoms with Crippen LogP contribution in [0, 0.1) is 6.92 Å². The quantitative estimate of drug-likeness (QED) is 0.589. The molecule has 0 aliphatic carbocycles. The summed E-state index contributed by atoms with van der Waals surface area (Å²) in [5, 5.41) is 0.334. The van der Waals surface area contributed by atoms with Gasteiger partial charge in [0.15, 0.2) is 0 Å². The molecule has 10 heteroatoms. The van der Waals surface area contributed by atoms with Crippen LogP contribution in [0.15, 0.2) is 37.0 Å². The minimum absolute atomic E-state index is 0.234. The van der Waals surface area contributed by atoms with Gasteiger partial charge in [0.25, 0.3) is 11.5 Å². The molecule has 0 unspecified atom stereocenters. The molecule has 10 nitrogen and oxygen atoms in total. The van der Waals surface area contributed by atoms with Crippen molar-refractivity contribution in [2.75, 3.05) is 13.1 Å². The zero-order chi connectivity index (χ0) is 22.4. The lowest BCUT2D eigenvalue weighted by Gasteiger charge is -2.39. The second-order valence-electron chi connectivity index (χ2n) is 7.80. The van der Waals surface area contributed by atoms with Gasteiger partial charge in [-0.15, -0.1) is 0 Å². The highest BCUT2D eigenvalue weighted by atomic mass is 16.5. The predicted molar refractivity (Wildman–Crippen MR) is 113 cm³/mol. The molecule has 0 atom stereocenters. The number of likely N-dealkylation sites (tertiary alicyclic amines) is 1. The van der Waals surface area contributed by atoms with Gasteiger partial charge in [-0.2, -0.15) is 0 Å². The van der Waals surface area contributed by atoms with Crippen LogP contribution in [0.1, 0.15) is 29.6 Å². The fourth-order valence-electron chi connectivity index (χ4n) is 3.94. The molecule has 3 aromatic rings. The number of hydrogen-bond donors (Lipinski definition) is 0. The molecule has 0 spiro atoms. The van der Waals surface area contributed by atoms with Crippen LogP contribution in [0.25, 0.3) is 11.0 Å². The maximum atomic E-state index is 13.2. The smallest absolute Gasteiger partial charge is 0.339 e. The normalized spacial score (nSPS) is 14.1. The fraction of sp³-hybridized carbons (Fsp3) is 0.429. The maximum Gasteiger partial charge on any atom is 0.339 e. The maximum absolute atomic E-state index is 13.2. The molecule has 1 aliphatic rings. The number of aromatic nitrogens is 3. The lowest BCUT2D eigenvalue weighted by molar-refractivity contribution is 0.0167. The van der Waals surface area contributed by atoms with Gasteiger partial charge in [-0.25, -0.2) is 9.59 Å². The summed E-state index contributed by atoms with van der Waals surface area (Å²) in [4.78, 5) is 51.3. The van der Waals surface area contributed by atoms with E-state index in [2.05, 4.69) is 0 Å². The summed E-state index contributed by atoms with van der Waals surface area (Å²) in [5.74, 6) is 0.623. The number of fused-ring (bicyclic) bond motifs is 1. The van der Waals surface area contributed by atoms with E-state index in [1.54, 1.807) is 35.6 Å². The van der Waals surface area contributed by atoms with Gasteiger partial charge in [-0.3, -0.25) is 18.7 Å². The molecule has 1 amide bonds. The molecule has 3 aromatic heterocycles. The number of carbonyl (C=O) groups excluding carboxylic acids is 1. The number of carbonyl (C=O) groups is 1. The fourth-order valence-corrected chi connectivity index (χ4v) is 3.94. The van der Waals surface area contributed by atoms with Crippen LogP contribution in [0.3, 0.4) is 0 Å². The molecule has 164 valence electrons. The minimum Gasteiger partial charge on any atom is -0.486 e. The minimum atomic E-state index is -0.487. The molecule has 31 heavy (non-hydrogen) atoms. The van der Waals surface area contributed by atoms with Crippen molar-refractivity contribution in [3.8, 4) is 5.75 Å². The van der Waals surface area contributed by atoms with E-state index in [9.17, 15) is 19.2 Å². The van der Waals surface area contributed by atoms with Crippen LogP contribution in [0.2, 0.25) is 0 Å². The Morgan fingerprint density at radius 3 is 2.48 bits per heavy atom. The van der Waals surface area contributed by atoms with E-state index in [4.69, 9.17) is 9.15 Å². The summed E-state index contributed by atoms with van der Waals surface area (Å²) in [6.45, 7) is 4.82. The lowest BCUT2D eigenvalue weighted by atomic mass is 10.1. The first-order chi connectivity index (χ1) is 14.7. The highest BCUT2D eigenvalue weighted by Gasteiger charge is 2.35. The summed E-state index contributed by atoms with van der Waals surface area (Å²) < 4.78 is 14.9. The number of hydrogen-bond acceptors (Lipinski definition) is 6. The lowest BCUT2D eigenvalue weighted by Crippen LogP contribution is -2.56. The Kier molecular flexibility index (Phi) is 5.08. The number of rotatable bonds is 5. The van der Waals surface area contributed by atoms with Crippen LogP contribution < -0.4 is 21.6 Å². The van der Waals surface area contributed by atoms with Gasteiger partial charge < -0.3 is 18.6 Å². The Bertz CT molecular complexity index is 1350. The first-order valence-electron chi connectivity index (χ1n) is 10.1. The topological polar surface area (TPSA) is 109 Å². The largest absolute Gasteiger partial charge is 0.486 e. The molecule has 4 rings (SSSR count). The third-order valence-electron chi connectivity index (χ3n) is 5.47. The third kappa shape index (κ3) is 3.47. The first-order valence-corrected chi connectivity index (χ1v) is 10.1. The van der Waals surface area contributed by atoms with Crippen LogP contribution >= 0.6 is 0 Å². The van der Waals surface area contributed by atoms with E-state index in [0.717, 1.165) is 11.0 Å². The standard InChI is InChI=1S/C21H24N4O6/c1-5-6-25-16(9-15-18(25)22(3)21(29)23(4)19(15)27)20(28)24-10-14(11-24)31-13-7-12(2)30-17(26)8-13/h7-9,14H,5-6,10-11H2,1-4H3. The first kappa shape index (κ1) is 20.7. The number of nitrogens with zero attached hydrogens (tertiary/aromatic N) is 4. The van der Waals surface area contributed by atoms with E-state index in [-0.39, 0.29) is 12.0 Å². The van der Waals surface area contributed by atoms with Crippen molar-refractivity contribution in [1.82, 2.24) is 18.6 Å². The monoisotopic (exact) mass is 428 g/mol. The van der Waals surface area contributed by atoms with Crippen molar-refractivity contribution in [2.24, 2.45) is 14.1 Å². The number of aryl methyl sites for hydroxylation is 3. The Morgan fingerprint density at radius 1 is 1.13 bits per heavy atom. The van der Waals surface area contributed by atoms with Crippen molar-refractivity contribution < 1.29 is 13.9 Å². The van der Waals surface area contributed by atoms with Crippen LogP contribution in [-0.4, -0.2) is 43.7 Å². The molecule has 1 fully saturated rings. The summed E-state index contributed by atoms with van der Waals surface area (Å²) in [6, 6.07) is 4.46. The SMILES string of the molecule is CCCn1c(C(=O)N2CC(Oc3cc(C)oc(=O)c3)C2)cc2c(=O)n(C)c(=O)n(C)c21. The zero-order valence-electron chi connectivity index (χ0n) is 17.9. The molecule has 1 aliphatic heterocycles. The van der Waals surface area contributed by atoms with Crippen molar-refractivity contribution >= 4 is 16.9 Å². The Labute approximate surface area is 176 Å². The van der Waals surface area contributed by atoms with E-state index in [1.165, 1.54) is 17.7 Å². The van der Waals surface area contributed by atoms with E-state index in [1.807, 2.05) is 6.92 Å². The summed E-state index contributed by atoms with van der Waals surface area (Å²) in [5.41, 5.74) is -0.543. The van der Waals surface area contributed by atoms with Crippen LogP contribution in [-0.2, 0) is 20.6 Å². The van der Waals surface area contributed by atoms with Crippen molar-refractivity contribution in [1.29, 1.82) is 0 Å². The number of ether oxygens (including phenoxy) is 1. The number of amides is 1. The van der Waals surface area contributed by atoms with Gasteiger partial charge >= 0.3 is 11.3 Å². The van der Waals surface area contributed by atoms with Gasteiger partial charge in [-0.1, -0.05) is 6.92 Å². The van der Waals surface area contributed by atoms with Gasteiger partial charge in [0, 0.05) is 26.7 Å². The van der Waals surface area contributed by atoms with E-state index >= 15 is 0 Å². The van der Waals surface area contributed by atoms with Crippen molar-refractivity contribution in [3.63, 3.8) is 0 Å². The Morgan fingerprint density at radius 2 is 1.84 bits per heavy atom. The zero-order valence-corrected chi connectivity index (χ0v) is 17.9. The third-order valence-corrected chi connectivity index (χ3v) is 5.47. The predicted octanol–water partition coefficient (Wildman–Crippen LogP) is 0.614. The molecule has 0 aromatic carbocycles. The molecule has 1 saturated heterocycles. The van der Waals surface area contributed by atoms with Gasteiger partial charge in [0.2, 0.25) is 0 Å². The summed E-state index contributed by atoms with van der Waals surface area (Å²) in [7, 11) is 3.02. The molecule has 0 bridgehead atoms.